The van der Waals surface area contributed by atoms with Gasteiger partial charge in [0.05, 0.1) is 16.7 Å². The number of anilines is 2. The van der Waals surface area contributed by atoms with Gasteiger partial charge in [0.2, 0.25) is 0 Å². The van der Waals surface area contributed by atoms with Crippen LogP contribution in [-0.2, 0) is 27.4 Å². The molecule has 1 aromatic carbocycles. The van der Waals surface area contributed by atoms with Gasteiger partial charge in [-0.15, -0.1) is 0 Å². The summed E-state index contributed by atoms with van der Waals surface area (Å²) in [5.41, 5.74) is -1.23. The summed E-state index contributed by atoms with van der Waals surface area (Å²) in [5, 5.41) is 9.43. The van der Waals surface area contributed by atoms with E-state index in [4.69, 9.17) is 0 Å². The molecule has 40 heavy (non-hydrogen) atoms. The third-order valence-electron chi connectivity index (χ3n) is 7.30. The Morgan fingerprint density at radius 1 is 1.02 bits per heavy atom. The zero-order valence-corrected chi connectivity index (χ0v) is 23.0. The number of halogens is 3. The van der Waals surface area contributed by atoms with Crippen molar-refractivity contribution in [2.45, 2.75) is 57.2 Å². The molecule has 12 heteroatoms. The fourth-order valence-corrected chi connectivity index (χ4v) is 6.11. The van der Waals surface area contributed by atoms with Crippen LogP contribution < -0.4 is 9.62 Å². The first-order valence-electron chi connectivity index (χ1n) is 13.0. The Hall–Kier alpha value is -3.67. The monoisotopic (exact) mass is 576 g/mol. The van der Waals surface area contributed by atoms with Crippen LogP contribution in [-0.4, -0.2) is 42.6 Å². The first kappa shape index (κ1) is 29.3. The highest BCUT2D eigenvalue weighted by atomic mass is 32.2. The topological polar surface area (TPSA) is 112 Å². The van der Waals surface area contributed by atoms with Crippen LogP contribution in [0.3, 0.4) is 0 Å². The van der Waals surface area contributed by atoms with Gasteiger partial charge in [0.1, 0.15) is 11.6 Å². The van der Waals surface area contributed by atoms with Crippen LogP contribution in [0.5, 0.6) is 0 Å². The third kappa shape index (κ3) is 6.06. The van der Waals surface area contributed by atoms with E-state index in [-0.39, 0.29) is 22.1 Å². The number of rotatable bonds is 9. The minimum atomic E-state index is -4.69. The number of aromatic nitrogens is 2. The lowest BCUT2D eigenvalue weighted by molar-refractivity contribution is -0.151. The van der Waals surface area contributed by atoms with E-state index in [0.29, 0.717) is 50.2 Å². The average Bonchev–Trinajstić information content (AvgIpc) is 2.92. The maximum Gasteiger partial charge on any atom is 0.418 e. The molecule has 8 nitrogen and oxygen atoms in total. The molecule has 1 saturated heterocycles. The number of alkyl halides is 3. The zero-order chi connectivity index (χ0) is 29.1. The number of carboxylic acids is 1. The van der Waals surface area contributed by atoms with Crippen LogP contribution in [0, 0.1) is 5.41 Å². The van der Waals surface area contributed by atoms with Crippen molar-refractivity contribution in [3.8, 4) is 11.3 Å². The molecule has 214 valence electrons. The minimum absolute atomic E-state index is 0.268. The highest BCUT2D eigenvalue weighted by molar-refractivity contribution is 7.92. The maximum atomic E-state index is 13.8. The molecule has 0 spiro atoms. The molecule has 3 heterocycles. The van der Waals surface area contributed by atoms with Crippen LogP contribution in [0.15, 0.2) is 59.6 Å². The van der Waals surface area contributed by atoms with Crippen molar-refractivity contribution in [3.05, 3.63) is 65.7 Å². The summed E-state index contributed by atoms with van der Waals surface area (Å²) in [6.07, 6.45) is -2.11. The van der Waals surface area contributed by atoms with Gasteiger partial charge in [-0.25, -0.2) is 9.97 Å². The first-order chi connectivity index (χ1) is 18.9. The molecule has 3 aromatic rings. The normalized spacial score (nSPS) is 15.6. The highest BCUT2D eigenvalue weighted by Crippen LogP contribution is 2.39. The first-order valence-corrected chi connectivity index (χ1v) is 14.5. The van der Waals surface area contributed by atoms with Gasteiger partial charge in [-0.2, -0.15) is 21.6 Å². The quantitative estimate of drug-likeness (QED) is 0.321. The predicted octanol–water partition coefficient (Wildman–Crippen LogP) is 6.00. The number of carbonyl (C=O) groups is 1. The lowest BCUT2D eigenvalue weighted by Crippen LogP contribution is -2.44. The molecule has 2 N–H and O–H groups in total. The molecule has 0 atom stereocenters. The van der Waals surface area contributed by atoms with Gasteiger partial charge in [0.15, 0.2) is 5.03 Å². The molecule has 0 aliphatic carbocycles. The zero-order valence-electron chi connectivity index (χ0n) is 22.2. The van der Waals surface area contributed by atoms with E-state index in [1.165, 1.54) is 18.2 Å². The molecule has 2 aromatic heterocycles. The number of carboxylic acid groups (broad SMARTS) is 1. The Morgan fingerprint density at radius 3 is 2.35 bits per heavy atom. The highest BCUT2D eigenvalue weighted by Gasteiger charge is 2.41. The number of benzene rings is 1. The molecule has 1 fully saturated rings. The second-order valence-electron chi connectivity index (χ2n) is 9.86. The van der Waals surface area contributed by atoms with Gasteiger partial charge < -0.3 is 10.0 Å². The maximum absolute atomic E-state index is 13.8. The molecule has 1 aliphatic rings. The van der Waals surface area contributed by atoms with Crippen molar-refractivity contribution >= 4 is 27.6 Å². The van der Waals surface area contributed by atoms with E-state index in [0.717, 1.165) is 18.6 Å². The number of aryl methyl sites for hydroxylation is 1. The van der Waals surface area contributed by atoms with Crippen LogP contribution in [0.1, 0.15) is 50.7 Å². The molecule has 0 bridgehead atoms. The van der Waals surface area contributed by atoms with E-state index < -0.39 is 33.1 Å². The average molecular weight is 577 g/mol. The van der Waals surface area contributed by atoms with Crippen molar-refractivity contribution in [3.63, 3.8) is 0 Å². The van der Waals surface area contributed by atoms with Crippen LogP contribution in [0.2, 0.25) is 0 Å². The lowest BCUT2D eigenvalue weighted by Gasteiger charge is -2.39. The van der Waals surface area contributed by atoms with Gasteiger partial charge in [0, 0.05) is 18.7 Å². The number of hydrogen-bond acceptors (Lipinski definition) is 6. The molecule has 1 aliphatic heterocycles. The van der Waals surface area contributed by atoms with E-state index >= 15 is 0 Å². The predicted molar refractivity (Wildman–Crippen MR) is 146 cm³/mol. The van der Waals surface area contributed by atoms with E-state index in [9.17, 15) is 31.5 Å². The smallest absolute Gasteiger partial charge is 0.418 e. The SMILES string of the molecule is CCCC1(C(=O)O)CCN(c2cccc(S(=O)(=O)Nc3ccc(C(F)(F)F)c(-c4ccccc4CC)n3)n2)CC1. The fourth-order valence-electron chi connectivity index (χ4n) is 5.14. The summed E-state index contributed by atoms with van der Waals surface area (Å²) in [6.45, 7) is 4.55. The molecule has 0 radical (unpaired) electrons. The Bertz CT molecular complexity index is 1490. The number of pyridine rings is 2. The number of aliphatic carboxylic acids is 1. The van der Waals surface area contributed by atoms with Crippen molar-refractivity contribution < 1.29 is 31.5 Å². The number of sulfonamides is 1. The summed E-state index contributed by atoms with van der Waals surface area (Å²) < 4.78 is 70.2. The second-order valence-corrected chi connectivity index (χ2v) is 11.5. The Morgan fingerprint density at radius 2 is 1.73 bits per heavy atom. The number of piperidine rings is 1. The summed E-state index contributed by atoms with van der Waals surface area (Å²) in [5.74, 6) is -0.728. The summed E-state index contributed by atoms with van der Waals surface area (Å²) >= 11 is 0. The molecule has 4 rings (SSSR count). The summed E-state index contributed by atoms with van der Waals surface area (Å²) in [6, 6.07) is 12.8. The molecular weight excluding hydrogens is 545 g/mol. The van der Waals surface area contributed by atoms with Gasteiger partial charge in [-0.3, -0.25) is 9.52 Å². The Balaban J connectivity index is 1.62. The van der Waals surface area contributed by atoms with Crippen molar-refractivity contribution in [2.75, 3.05) is 22.7 Å². The molecule has 0 unspecified atom stereocenters. The number of nitrogens with one attached hydrogen (secondary N) is 1. The molecule has 0 saturated carbocycles. The van der Waals surface area contributed by atoms with Gasteiger partial charge in [0.25, 0.3) is 10.0 Å². The second kappa shape index (κ2) is 11.4. The summed E-state index contributed by atoms with van der Waals surface area (Å²) in [7, 11) is -4.31. The van der Waals surface area contributed by atoms with Gasteiger partial charge >= 0.3 is 12.1 Å². The van der Waals surface area contributed by atoms with E-state index in [2.05, 4.69) is 14.7 Å². The lowest BCUT2D eigenvalue weighted by atomic mass is 9.75. The molecular formula is C28H31F3N4O4S. The third-order valence-corrected chi connectivity index (χ3v) is 8.56. The van der Waals surface area contributed by atoms with Gasteiger partial charge in [-0.05, 0) is 55.5 Å². The van der Waals surface area contributed by atoms with Crippen molar-refractivity contribution in [1.82, 2.24) is 9.97 Å². The standard InChI is InChI=1S/C28H31F3N4O4S/c1-3-14-27(26(36)37)15-17-35(18-16-27)23-10-7-11-24(33-23)40(38,39)34-22-13-12-21(28(29,30)31)25(32-22)20-9-6-5-8-19(20)4-2/h5-13H,3-4,14-18H2,1-2H3,(H,32,34)(H,36,37). The van der Waals surface area contributed by atoms with Crippen molar-refractivity contribution in [2.24, 2.45) is 5.41 Å². The van der Waals surface area contributed by atoms with Crippen LogP contribution in [0.25, 0.3) is 11.3 Å². The fraction of sp³-hybridized carbons (Fsp3) is 0.393. The number of hydrogen-bond donors (Lipinski definition) is 2. The Kier molecular flexibility index (Phi) is 8.38. The Labute approximate surface area is 231 Å². The van der Waals surface area contributed by atoms with Crippen LogP contribution in [0.4, 0.5) is 24.8 Å². The summed E-state index contributed by atoms with van der Waals surface area (Å²) in [4.78, 5) is 22.1. The largest absolute Gasteiger partial charge is 0.481 e. The molecule has 0 amide bonds. The number of nitrogens with zero attached hydrogens (tertiary/aromatic N) is 3. The van der Waals surface area contributed by atoms with Crippen molar-refractivity contribution in [1.29, 1.82) is 0 Å². The van der Waals surface area contributed by atoms with Gasteiger partial charge in [-0.1, -0.05) is 50.6 Å². The van der Waals surface area contributed by atoms with E-state index in [1.54, 1.807) is 24.3 Å². The minimum Gasteiger partial charge on any atom is -0.481 e. The van der Waals surface area contributed by atoms with E-state index in [1.807, 2.05) is 18.7 Å². The van der Waals surface area contributed by atoms with Crippen LogP contribution >= 0.6 is 0 Å².